The molecular weight excluding hydrogens is 310 g/mol. The summed E-state index contributed by atoms with van der Waals surface area (Å²) in [6, 6.07) is 13.9. The highest BCUT2D eigenvalue weighted by Crippen LogP contribution is 2.23. The number of benzene rings is 2. The molecule has 0 aromatic heterocycles. The van der Waals surface area contributed by atoms with Gasteiger partial charge in [0.25, 0.3) is 0 Å². The number of ether oxygens (including phenoxy) is 1. The number of carbonyl (C=O) groups excluding carboxylic acids is 1. The molecule has 0 saturated heterocycles. The van der Waals surface area contributed by atoms with Crippen LogP contribution in [0.25, 0.3) is 6.08 Å². The van der Waals surface area contributed by atoms with Crippen molar-refractivity contribution < 1.29 is 9.53 Å². The molecule has 2 rings (SSSR count). The molecule has 3 heteroatoms. The summed E-state index contributed by atoms with van der Waals surface area (Å²) in [4.78, 5) is 12.4. The zero-order valence-corrected chi connectivity index (χ0v) is 15.3. The van der Waals surface area contributed by atoms with Gasteiger partial charge in [0.2, 0.25) is 5.91 Å². The SMILES string of the molecule is CCCOc1ccccc1C=CC(=O)Nc1c(CC)cccc1CC. The molecule has 0 aliphatic rings. The van der Waals surface area contributed by atoms with Crippen LogP contribution in [-0.2, 0) is 17.6 Å². The van der Waals surface area contributed by atoms with Gasteiger partial charge in [-0.3, -0.25) is 4.79 Å². The molecule has 0 bridgehead atoms. The molecule has 0 spiro atoms. The van der Waals surface area contributed by atoms with E-state index in [0.717, 1.165) is 47.4 Å². The molecule has 0 unspecified atom stereocenters. The van der Waals surface area contributed by atoms with Crippen molar-refractivity contribution in [1.82, 2.24) is 0 Å². The zero-order chi connectivity index (χ0) is 18.1. The van der Waals surface area contributed by atoms with Crippen LogP contribution >= 0.6 is 0 Å². The highest BCUT2D eigenvalue weighted by molar-refractivity contribution is 6.03. The van der Waals surface area contributed by atoms with Crippen LogP contribution in [0.5, 0.6) is 5.75 Å². The Bertz CT molecular complexity index is 712. The van der Waals surface area contributed by atoms with Gasteiger partial charge in [0.1, 0.15) is 5.75 Å². The first-order chi connectivity index (χ1) is 12.2. The Kier molecular flexibility index (Phi) is 7.27. The fraction of sp³-hybridized carbons (Fsp3) is 0.318. The summed E-state index contributed by atoms with van der Waals surface area (Å²) < 4.78 is 5.73. The van der Waals surface area contributed by atoms with Crippen molar-refractivity contribution in [3.05, 3.63) is 65.2 Å². The van der Waals surface area contributed by atoms with E-state index in [0.29, 0.717) is 6.61 Å². The third-order valence-corrected chi connectivity index (χ3v) is 4.04. The van der Waals surface area contributed by atoms with E-state index in [2.05, 4.69) is 38.2 Å². The van der Waals surface area contributed by atoms with Crippen LogP contribution in [-0.4, -0.2) is 12.5 Å². The van der Waals surface area contributed by atoms with Gasteiger partial charge in [0.15, 0.2) is 0 Å². The van der Waals surface area contributed by atoms with Crippen LogP contribution in [0, 0.1) is 0 Å². The molecular formula is C22H27NO2. The lowest BCUT2D eigenvalue weighted by Crippen LogP contribution is -2.11. The van der Waals surface area contributed by atoms with Crippen molar-refractivity contribution in [2.75, 3.05) is 11.9 Å². The number of nitrogens with one attached hydrogen (secondary N) is 1. The number of rotatable bonds is 8. The molecule has 0 aliphatic carbocycles. The molecule has 1 amide bonds. The average Bonchev–Trinajstić information content (AvgIpc) is 2.65. The Balaban J connectivity index is 2.15. The number of anilines is 1. The Hall–Kier alpha value is -2.55. The third kappa shape index (κ3) is 5.21. The zero-order valence-electron chi connectivity index (χ0n) is 15.3. The maximum absolute atomic E-state index is 12.4. The summed E-state index contributed by atoms with van der Waals surface area (Å²) in [6.45, 7) is 6.94. The smallest absolute Gasteiger partial charge is 0.248 e. The van der Waals surface area contributed by atoms with Crippen molar-refractivity contribution >= 4 is 17.7 Å². The van der Waals surface area contributed by atoms with Crippen LogP contribution in [0.2, 0.25) is 0 Å². The second-order valence-corrected chi connectivity index (χ2v) is 5.87. The van der Waals surface area contributed by atoms with Crippen LogP contribution in [0.4, 0.5) is 5.69 Å². The van der Waals surface area contributed by atoms with Gasteiger partial charge in [-0.25, -0.2) is 0 Å². The largest absolute Gasteiger partial charge is 0.493 e. The quantitative estimate of drug-likeness (QED) is 0.668. The summed E-state index contributed by atoms with van der Waals surface area (Å²) in [5.41, 5.74) is 4.17. The first kappa shape index (κ1) is 18.8. The van der Waals surface area contributed by atoms with E-state index in [1.165, 1.54) is 0 Å². The number of amides is 1. The molecule has 25 heavy (non-hydrogen) atoms. The molecule has 132 valence electrons. The molecule has 0 radical (unpaired) electrons. The van der Waals surface area contributed by atoms with Gasteiger partial charge in [-0.05, 0) is 42.5 Å². The second kappa shape index (κ2) is 9.67. The lowest BCUT2D eigenvalue weighted by molar-refractivity contribution is -0.111. The third-order valence-electron chi connectivity index (χ3n) is 4.04. The molecule has 2 aromatic carbocycles. The van der Waals surface area contributed by atoms with Crippen molar-refractivity contribution in [1.29, 1.82) is 0 Å². The van der Waals surface area contributed by atoms with E-state index in [-0.39, 0.29) is 5.91 Å². The maximum atomic E-state index is 12.4. The van der Waals surface area contributed by atoms with Crippen molar-refractivity contribution in [3.63, 3.8) is 0 Å². The summed E-state index contributed by atoms with van der Waals surface area (Å²) in [6.07, 6.45) is 6.11. The predicted molar refractivity (Wildman–Crippen MR) is 105 cm³/mol. The lowest BCUT2D eigenvalue weighted by Gasteiger charge is -2.13. The van der Waals surface area contributed by atoms with Crippen LogP contribution in [0.15, 0.2) is 48.5 Å². The van der Waals surface area contributed by atoms with Crippen LogP contribution < -0.4 is 10.1 Å². The molecule has 0 atom stereocenters. The first-order valence-electron chi connectivity index (χ1n) is 9.01. The van der Waals surface area contributed by atoms with E-state index >= 15 is 0 Å². The van der Waals surface area contributed by atoms with E-state index in [1.807, 2.05) is 30.3 Å². The fourth-order valence-corrected chi connectivity index (χ4v) is 2.70. The Morgan fingerprint density at radius 1 is 1.00 bits per heavy atom. The van der Waals surface area contributed by atoms with Crippen molar-refractivity contribution in [2.45, 2.75) is 40.0 Å². The van der Waals surface area contributed by atoms with E-state index in [9.17, 15) is 4.79 Å². The number of aryl methyl sites for hydroxylation is 2. The van der Waals surface area contributed by atoms with Crippen molar-refractivity contribution in [2.24, 2.45) is 0 Å². The van der Waals surface area contributed by atoms with Gasteiger partial charge in [0, 0.05) is 17.3 Å². The van der Waals surface area contributed by atoms with Gasteiger partial charge in [-0.1, -0.05) is 57.2 Å². The Morgan fingerprint density at radius 2 is 1.68 bits per heavy atom. The Morgan fingerprint density at radius 3 is 2.32 bits per heavy atom. The maximum Gasteiger partial charge on any atom is 0.248 e. The van der Waals surface area contributed by atoms with E-state index < -0.39 is 0 Å². The minimum Gasteiger partial charge on any atom is -0.493 e. The van der Waals surface area contributed by atoms with Gasteiger partial charge in [0.05, 0.1) is 6.61 Å². The predicted octanol–water partition coefficient (Wildman–Crippen LogP) is 5.25. The molecule has 0 fully saturated rings. The molecule has 2 aromatic rings. The molecule has 3 nitrogen and oxygen atoms in total. The number of hydrogen-bond donors (Lipinski definition) is 1. The topological polar surface area (TPSA) is 38.3 Å². The standard InChI is InChI=1S/C22H27NO2/c1-4-16-25-20-13-8-7-10-19(20)14-15-21(24)23-22-17(5-2)11-9-12-18(22)6-3/h7-15H,4-6,16H2,1-3H3,(H,23,24). The van der Waals surface area contributed by atoms with Crippen molar-refractivity contribution in [3.8, 4) is 5.75 Å². The highest BCUT2D eigenvalue weighted by Gasteiger charge is 2.08. The normalized spacial score (nSPS) is 10.8. The Labute approximate surface area is 150 Å². The van der Waals surface area contributed by atoms with Gasteiger partial charge in [-0.2, -0.15) is 0 Å². The lowest BCUT2D eigenvalue weighted by atomic mass is 10.0. The summed E-state index contributed by atoms with van der Waals surface area (Å²) in [5, 5.41) is 3.05. The number of hydrogen-bond acceptors (Lipinski definition) is 2. The second-order valence-electron chi connectivity index (χ2n) is 5.87. The van der Waals surface area contributed by atoms with E-state index in [1.54, 1.807) is 12.2 Å². The van der Waals surface area contributed by atoms with Crippen LogP contribution in [0.1, 0.15) is 43.9 Å². The minimum atomic E-state index is -0.124. The first-order valence-corrected chi connectivity index (χ1v) is 9.01. The summed E-state index contributed by atoms with van der Waals surface area (Å²) in [5.74, 6) is 0.678. The van der Waals surface area contributed by atoms with E-state index in [4.69, 9.17) is 4.74 Å². The highest BCUT2D eigenvalue weighted by atomic mass is 16.5. The number of carbonyl (C=O) groups is 1. The summed E-state index contributed by atoms with van der Waals surface area (Å²) >= 11 is 0. The van der Waals surface area contributed by atoms with Gasteiger partial charge >= 0.3 is 0 Å². The fourth-order valence-electron chi connectivity index (χ4n) is 2.70. The molecule has 0 saturated carbocycles. The molecule has 1 N–H and O–H groups in total. The van der Waals surface area contributed by atoms with Crippen LogP contribution in [0.3, 0.4) is 0 Å². The number of para-hydroxylation sites is 2. The van der Waals surface area contributed by atoms with Gasteiger partial charge in [-0.15, -0.1) is 0 Å². The molecule has 0 aliphatic heterocycles. The van der Waals surface area contributed by atoms with Gasteiger partial charge < -0.3 is 10.1 Å². The summed E-state index contributed by atoms with van der Waals surface area (Å²) in [7, 11) is 0. The monoisotopic (exact) mass is 337 g/mol. The molecule has 0 heterocycles. The average molecular weight is 337 g/mol. The minimum absolute atomic E-state index is 0.124.